The van der Waals surface area contributed by atoms with Gasteiger partial charge in [0.25, 0.3) is 0 Å². The van der Waals surface area contributed by atoms with Crippen molar-refractivity contribution in [3.8, 4) is 5.75 Å². The predicted molar refractivity (Wildman–Crippen MR) is 93.2 cm³/mol. The Balaban J connectivity index is 1.85. The second-order valence-electron chi connectivity index (χ2n) is 5.72. The third-order valence-corrected chi connectivity index (χ3v) is 5.64. The van der Waals surface area contributed by atoms with Crippen molar-refractivity contribution in [1.82, 2.24) is 8.87 Å². The smallest absolute Gasteiger partial charge is 0.420 e. The molecule has 0 fully saturated rings. The molecule has 2 aromatic carbocycles. The summed E-state index contributed by atoms with van der Waals surface area (Å²) in [4.78, 5) is 12.1. The maximum Gasteiger partial charge on any atom is 0.420 e. The number of sulfonamides is 1. The summed E-state index contributed by atoms with van der Waals surface area (Å²) in [6, 6.07) is 10.2. The zero-order valence-corrected chi connectivity index (χ0v) is 15.0. The van der Waals surface area contributed by atoms with Crippen LogP contribution < -0.4 is 10.5 Å². The topological polar surface area (TPSA) is 81.8 Å². The number of halogens is 1. The van der Waals surface area contributed by atoms with E-state index in [1.165, 1.54) is 49.0 Å². The minimum absolute atomic E-state index is 0.0264. The van der Waals surface area contributed by atoms with E-state index >= 15 is 0 Å². The summed E-state index contributed by atoms with van der Waals surface area (Å²) in [6.45, 7) is 0.174. The van der Waals surface area contributed by atoms with Crippen molar-refractivity contribution in [2.24, 2.45) is 0 Å². The van der Waals surface area contributed by atoms with E-state index in [2.05, 4.69) is 0 Å². The predicted octanol–water partition coefficient (Wildman–Crippen LogP) is 2.06. The summed E-state index contributed by atoms with van der Waals surface area (Å²) in [6.07, 6.45) is 0. The number of benzene rings is 2. The first-order valence-corrected chi connectivity index (χ1v) is 9.18. The first-order valence-electron chi connectivity index (χ1n) is 7.74. The Labute approximate surface area is 149 Å². The van der Waals surface area contributed by atoms with E-state index < -0.39 is 21.6 Å². The SMILES string of the molecule is CN(C)S(=O)(=O)c1ccc2c(c1)oc(=O)n2CCOc1ccccc1F. The zero-order valence-electron chi connectivity index (χ0n) is 14.2. The molecule has 0 aliphatic rings. The first kappa shape index (κ1) is 18.2. The molecule has 0 aliphatic carbocycles. The van der Waals surface area contributed by atoms with Crippen molar-refractivity contribution < 1.29 is 22.0 Å². The molecule has 0 saturated heterocycles. The van der Waals surface area contributed by atoms with E-state index in [-0.39, 0.29) is 29.4 Å². The van der Waals surface area contributed by atoms with Gasteiger partial charge >= 0.3 is 5.76 Å². The normalized spacial score (nSPS) is 12.0. The van der Waals surface area contributed by atoms with Crippen molar-refractivity contribution in [3.05, 3.63) is 58.8 Å². The number of aromatic nitrogens is 1. The van der Waals surface area contributed by atoms with Crippen LogP contribution >= 0.6 is 0 Å². The molecule has 3 aromatic rings. The fourth-order valence-corrected chi connectivity index (χ4v) is 3.36. The molecular formula is C17H17FN2O5S. The molecule has 0 unspecified atom stereocenters. The molecule has 0 radical (unpaired) electrons. The average molecular weight is 380 g/mol. The molecule has 0 amide bonds. The summed E-state index contributed by atoms with van der Waals surface area (Å²) in [5, 5.41) is 0. The van der Waals surface area contributed by atoms with Crippen LogP contribution in [0.15, 0.2) is 56.6 Å². The van der Waals surface area contributed by atoms with Crippen molar-refractivity contribution in [3.63, 3.8) is 0 Å². The molecule has 9 heteroatoms. The molecule has 0 spiro atoms. The van der Waals surface area contributed by atoms with E-state index in [9.17, 15) is 17.6 Å². The Hall–Kier alpha value is -2.65. The standard InChI is InChI=1S/C17H17FN2O5S/c1-19(2)26(22,23)12-7-8-14-16(11-12)25-17(21)20(14)9-10-24-15-6-4-3-5-13(15)18/h3-8,11H,9-10H2,1-2H3. The van der Waals surface area contributed by atoms with E-state index in [0.717, 1.165) is 4.31 Å². The number of oxazole rings is 1. The average Bonchev–Trinajstić information content (AvgIpc) is 2.91. The van der Waals surface area contributed by atoms with Crippen LogP contribution in [0.25, 0.3) is 11.1 Å². The zero-order chi connectivity index (χ0) is 18.9. The highest BCUT2D eigenvalue weighted by molar-refractivity contribution is 7.89. The fourth-order valence-electron chi connectivity index (χ4n) is 2.44. The van der Waals surface area contributed by atoms with E-state index in [1.807, 2.05) is 0 Å². The van der Waals surface area contributed by atoms with Crippen LogP contribution in [-0.2, 0) is 16.6 Å². The van der Waals surface area contributed by atoms with Gasteiger partial charge in [-0.05, 0) is 24.3 Å². The third-order valence-electron chi connectivity index (χ3n) is 3.83. The summed E-state index contributed by atoms with van der Waals surface area (Å²) in [5.41, 5.74) is 0.591. The quantitative estimate of drug-likeness (QED) is 0.654. The van der Waals surface area contributed by atoms with Gasteiger partial charge in [0.05, 0.1) is 17.0 Å². The Morgan fingerprint density at radius 3 is 2.62 bits per heavy atom. The largest absolute Gasteiger partial charge is 0.489 e. The molecule has 1 heterocycles. The van der Waals surface area contributed by atoms with Gasteiger partial charge in [-0.15, -0.1) is 0 Å². The van der Waals surface area contributed by atoms with Gasteiger partial charge in [0.1, 0.15) is 6.61 Å². The number of hydrogen-bond acceptors (Lipinski definition) is 5. The van der Waals surface area contributed by atoms with E-state index in [1.54, 1.807) is 12.1 Å². The number of para-hydroxylation sites is 1. The molecule has 0 N–H and O–H groups in total. The highest BCUT2D eigenvalue weighted by Gasteiger charge is 2.19. The van der Waals surface area contributed by atoms with Crippen LogP contribution in [0.1, 0.15) is 0 Å². The van der Waals surface area contributed by atoms with Crippen LogP contribution in [0, 0.1) is 5.82 Å². The Bertz CT molecular complexity index is 1100. The lowest BCUT2D eigenvalue weighted by atomic mass is 10.3. The molecule has 0 bridgehead atoms. The fraction of sp³-hybridized carbons (Fsp3) is 0.235. The van der Waals surface area contributed by atoms with Crippen molar-refractivity contribution in [1.29, 1.82) is 0 Å². The van der Waals surface area contributed by atoms with Crippen LogP contribution in [0.3, 0.4) is 0 Å². The molecule has 0 saturated carbocycles. The maximum atomic E-state index is 13.5. The van der Waals surface area contributed by atoms with Crippen molar-refractivity contribution in [2.45, 2.75) is 11.4 Å². The minimum Gasteiger partial charge on any atom is -0.489 e. The number of nitrogens with zero attached hydrogens (tertiary/aromatic N) is 2. The highest BCUT2D eigenvalue weighted by Crippen LogP contribution is 2.21. The molecule has 0 aliphatic heterocycles. The van der Waals surface area contributed by atoms with Crippen LogP contribution in [0.5, 0.6) is 5.75 Å². The van der Waals surface area contributed by atoms with Gasteiger partial charge in [0.15, 0.2) is 17.1 Å². The van der Waals surface area contributed by atoms with Gasteiger partial charge < -0.3 is 9.15 Å². The first-order chi connectivity index (χ1) is 12.3. The lowest BCUT2D eigenvalue weighted by Crippen LogP contribution is -2.22. The lowest BCUT2D eigenvalue weighted by Gasteiger charge is -2.11. The minimum atomic E-state index is -3.63. The second kappa shape index (κ2) is 6.93. The maximum absolute atomic E-state index is 13.5. The molecule has 138 valence electrons. The van der Waals surface area contributed by atoms with Crippen molar-refractivity contribution in [2.75, 3.05) is 20.7 Å². The molecular weight excluding hydrogens is 363 g/mol. The lowest BCUT2D eigenvalue weighted by molar-refractivity contribution is 0.281. The van der Waals surface area contributed by atoms with Gasteiger partial charge in [0.2, 0.25) is 10.0 Å². The number of ether oxygens (including phenoxy) is 1. The Kier molecular flexibility index (Phi) is 4.84. The second-order valence-corrected chi connectivity index (χ2v) is 7.87. The van der Waals surface area contributed by atoms with Gasteiger partial charge in [0, 0.05) is 20.2 Å². The van der Waals surface area contributed by atoms with E-state index in [0.29, 0.717) is 5.52 Å². The Morgan fingerprint density at radius 2 is 1.92 bits per heavy atom. The van der Waals surface area contributed by atoms with Crippen LogP contribution in [0.4, 0.5) is 4.39 Å². The third kappa shape index (κ3) is 3.35. The summed E-state index contributed by atoms with van der Waals surface area (Å²) in [5.74, 6) is -1.04. The Morgan fingerprint density at radius 1 is 1.19 bits per heavy atom. The van der Waals surface area contributed by atoms with Gasteiger partial charge in [-0.2, -0.15) is 0 Å². The monoisotopic (exact) mass is 380 g/mol. The van der Waals surface area contributed by atoms with Gasteiger partial charge in [-0.3, -0.25) is 4.57 Å². The molecule has 26 heavy (non-hydrogen) atoms. The highest BCUT2D eigenvalue weighted by atomic mass is 32.2. The molecule has 1 aromatic heterocycles. The summed E-state index contributed by atoms with van der Waals surface area (Å²) >= 11 is 0. The van der Waals surface area contributed by atoms with Crippen LogP contribution in [-0.4, -0.2) is 38.0 Å². The molecule has 3 rings (SSSR count). The van der Waals surface area contributed by atoms with Gasteiger partial charge in [-0.1, -0.05) is 12.1 Å². The molecule has 0 atom stereocenters. The number of fused-ring (bicyclic) bond motifs is 1. The molecule has 7 nitrogen and oxygen atoms in total. The number of rotatable bonds is 6. The van der Waals surface area contributed by atoms with Gasteiger partial charge in [-0.25, -0.2) is 21.9 Å². The summed E-state index contributed by atoms with van der Waals surface area (Å²) in [7, 11) is -0.799. The van der Waals surface area contributed by atoms with E-state index in [4.69, 9.17) is 9.15 Å². The number of hydrogen-bond donors (Lipinski definition) is 0. The van der Waals surface area contributed by atoms with Crippen molar-refractivity contribution >= 4 is 21.1 Å². The summed E-state index contributed by atoms with van der Waals surface area (Å²) < 4.78 is 50.7. The van der Waals surface area contributed by atoms with Crippen LogP contribution in [0.2, 0.25) is 0 Å².